The SMILES string of the molecule is Cc1nc(N)ccc1N1CCCCC1. The van der Waals surface area contributed by atoms with Crippen LogP contribution in [-0.2, 0) is 0 Å². The zero-order valence-corrected chi connectivity index (χ0v) is 8.66. The van der Waals surface area contributed by atoms with Gasteiger partial charge in [0.1, 0.15) is 5.82 Å². The highest BCUT2D eigenvalue weighted by atomic mass is 15.1. The Bertz CT molecular complexity index is 316. The van der Waals surface area contributed by atoms with E-state index >= 15 is 0 Å². The normalized spacial score (nSPS) is 17.1. The Morgan fingerprint density at radius 1 is 1.21 bits per heavy atom. The summed E-state index contributed by atoms with van der Waals surface area (Å²) in [6.07, 6.45) is 3.95. The Balaban J connectivity index is 2.22. The van der Waals surface area contributed by atoms with Gasteiger partial charge in [-0.1, -0.05) is 0 Å². The average Bonchev–Trinajstić information content (AvgIpc) is 2.19. The van der Waals surface area contributed by atoms with Crippen molar-refractivity contribution >= 4 is 11.5 Å². The maximum Gasteiger partial charge on any atom is 0.123 e. The van der Waals surface area contributed by atoms with Crippen LogP contribution >= 0.6 is 0 Å². The number of nitrogens with two attached hydrogens (primary N) is 1. The molecule has 0 amide bonds. The van der Waals surface area contributed by atoms with E-state index in [1.165, 1.54) is 24.9 Å². The molecule has 0 saturated carbocycles. The van der Waals surface area contributed by atoms with Crippen LogP contribution in [0, 0.1) is 6.92 Å². The van der Waals surface area contributed by atoms with Crippen LogP contribution in [0.3, 0.4) is 0 Å². The van der Waals surface area contributed by atoms with Crippen LogP contribution < -0.4 is 10.6 Å². The maximum atomic E-state index is 5.63. The first kappa shape index (κ1) is 9.31. The second-order valence-corrected chi connectivity index (χ2v) is 3.89. The van der Waals surface area contributed by atoms with Crippen LogP contribution in [0.4, 0.5) is 11.5 Å². The number of pyridine rings is 1. The summed E-state index contributed by atoms with van der Waals surface area (Å²) in [5.74, 6) is 0.614. The lowest BCUT2D eigenvalue weighted by Gasteiger charge is -2.29. The molecular weight excluding hydrogens is 174 g/mol. The first-order valence-corrected chi connectivity index (χ1v) is 5.25. The first-order chi connectivity index (χ1) is 6.77. The Morgan fingerprint density at radius 3 is 2.57 bits per heavy atom. The molecule has 1 aliphatic rings. The van der Waals surface area contributed by atoms with E-state index in [4.69, 9.17) is 5.73 Å². The molecule has 0 bridgehead atoms. The van der Waals surface area contributed by atoms with Crippen LogP contribution in [-0.4, -0.2) is 18.1 Å². The minimum Gasteiger partial charge on any atom is -0.384 e. The molecule has 3 heteroatoms. The quantitative estimate of drug-likeness (QED) is 0.738. The summed E-state index contributed by atoms with van der Waals surface area (Å²) >= 11 is 0. The van der Waals surface area contributed by atoms with E-state index in [0.29, 0.717) is 5.82 Å². The third-order valence-corrected chi connectivity index (χ3v) is 2.78. The Morgan fingerprint density at radius 2 is 1.93 bits per heavy atom. The van der Waals surface area contributed by atoms with Gasteiger partial charge in [0.2, 0.25) is 0 Å². The number of nitrogens with zero attached hydrogens (tertiary/aromatic N) is 2. The van der Waals surface area contributed by atoms with Crippen molar-refractivity contribution in [1.29, 1.82) is 0 Å². The molecule has 1 aromatic heterocycles. The van der Waals surface area contributed by atoms with Crippen molar-refractivity contribution in [3.05, 3.63) is 17.8 Å². The van der Waals surface area contributed by atoms with Crippen molar-refractivity contribution in [2.75, 3.05) is 23.7 Å². The molecule has 1 aromatic rings. The van der Waals surface area contributed by atoms with E-state index in [1.807, 2.05) is 13.0 Å². The molecule has 3 nitrogen and oxygen atoms in total. The zero-order chi connectivity index (χ0) is 9.97. The van der Waals surface area contributed by atoms with Crippen molar-refractivity contribution in [2.45, 2.75) is 26.2 Å². The topological polar surface area (TPSA) is 42.1 Å². The lowest BCUT2D eigenvalue weighted by molar-refractivity contribution is 0.576. The van der Waals surface area contributed by atoms with Gasteiger partial charge in [-0.3, -0.25) is 0 Å². The number of rotatable bonds is 1. The van der Waals surface area contributed by atoms with Crippen LogP contribution in [0.15, 0.2) is 12.1 Å². The molecule has 14 heavy (non-hydrogen) atoms. The van der Waals surface area contributed by atoms with Crippen molar-refractivity contribution in [3.63, 3.8) is 0 Å². The van der Waals surface area contributed by atoms with E-state index < -0.39 is 0 Å². The van der Waals surface area contributed by atoms with Crippen molar-refractivity contribution < 1.29 is 0 Å². The predicted octanol–water partition coefficient (Wildman–Crippen LogP) is 1.96. The van der Waals surface area contributed by atoms with Gasteiger partial charge in [0, 0.05) is 13.1 Å². The zero-order valence-electron chi connectivity index (χ0n) is 8.66. The van der Waals surface area contributed by atoms with Gasteiger partial charge in [-0.25, -0.2) is 4.98 Å². The fourth-order valence-electron chi connectivity index (χ4n) is 2.04. The molecule has 1 saturated heterocycles. The van der Waals surface area contributed by atoms with Crippen molar-refractivity contribution in [3.8, 4) is 0 Å². The van der Waals surface area contributed by atoms with Crippen LogP contribution in [0.1, 0.15) is 25.0 Å². The Labute approximate surface area is 84.9 Å². The van der Waals surface area contributed by atoms with Crippen LogP contribution in [0.2, 0.25) is 0 Å². The van der Waals surface area contributed by atoms with Crippen molar-refractivity contribution in [2.24, 2.45) is 0 Å². The number of hydrogen-bond acceptors (Lipinski definition) is 3. The molecular formula is C11H17N3. The molecule has 0 aliphatic carbocycles. The molecule has 2 rings (SSSR count). The summed E-state index contributed by atoms with van der Waals surface area (Å²) in [5.41, 5.74) is 7.92. The molecule has 1 aliphatic heterocycles. The van der Waals surface area contributed by atoms with Gasteiger partial charge in [-0.15, -0.1) is 0 Å². The molecule has 0 atom stereocenters. The predicted molar refractivity (Wildman–Crippen MR) is 59.5 cm³/mol. The van der Waals surface area contributed by atoms with Gasteiger partial charge < -0.3 is 10.6 Å². The molecule has 2 N–H and O–H groups in total. The fourth-order valence-corrected chi connectivity index (χ4v) is 2.04. The minimum atomic E-state index is 0.614. The Hall–Kier alpha value is -1.25. The maximum absolute atomic E-state index is 5.63. The third kappa shape index (κ3) is 1.81. The second kappa shape index (κ2) is 3.86. The van der Waals surface area contributed by atoms with Gasteiger partial charge >= 0.3 is 0 Å². The molecule has 2 heterocycles. The van der Waals surface area contributed by atoms with Crippen molar-refractivity contribution in [1.82, 2.24) is 4.98 Å². The van der Waals surface area contributed by atoms with Gasteiger partial charge in [-0.05, 0) is 38.3 Å². The summed E-state index contributed by atoms with van der Waals surface area (Å²) in [6, 6.07) is 3.97. The van der Waals surface area contributed by atoms with E-state index in [-0.39, 0.29) is 0 Å². The molecule has 0 unspecified atom stereocenters. The lowest BCUT2D eigenvalue weighted by Crippen LogP contribution is -2.30. The Kier molecular flexibility index (Phi) is 2.57. The second-order valence-electron chi connectivity index (χ2n) is 3.89. The number of aromatic nitrogens is 1. The summed E-state index contributed by atoms with van der Waals surface area (Å²) in [7, 11) is 0. The van der Waals surface area contributed by atoms with E-state index in [1.54, 1.807) is 0 Å². The monoisotopic (exact) mass is 191 g/mol. The lowest BCUT2D eigenvalue weighted by atomic mass is 10.1. The third-order valence-electron chi connectivity index (χ3n) is 2.78. The summed E-state index contributed by atoms with van der Waals surface area (Å²) in [4.78, 5) is 6.69. The largest absolute Gasteiger partial charge is 0.384 e. The summed E-state index contributed by atoms with van der Waals surface area (Å²) < 4.78 is 0. The highest BCUT2D eigenvalue weighted by Gasteiger charge is 2.13. The van der Waals surface area contributed by atoms with E-state index in [0.717, 1.165) is 18.8 Å². The molecule has 0 aromatic carbocycles. The van der Waals surface area contributed by atoms with Gasteiger partial charge in [0.25, 0.3) is 0 Å². The fraction of sp³-hybridized carbons (Fsp3) is 0.545. The number of nitrogen functional groups attached to an aromatic ring is 1. The van der Waals surface area contributed by atoms with E-state index in [9.17, 15) is 0 Å². The van der Waals surface area contributed by atoms with Gasteiger partial charge in [0.15, 0.2) is 0 Å². The van der Waals surface area contributed by atoms with Gasteiger partial charge in [-0.2, -0.15) is 0 Å². The first-order valence-electron chi connectivity index (χ1n) is 5.25. The molecule has 1 fully saturated rings. The number of hydrogen-bond donors (Lipinski definition) is 1. The van der Waals surface area contributed by atoms with Crippen LogP contribution in [0.25, 0.3) is 0 Å². The number of aryl methyl sites for hydroxylation is 1. The highest BCUT2D eigenvalue weighted by molar-refractivity contribution is 5.53. The highest BCUT2D eigenvalue weighted by Crippen LogP contribution is 2.22. The number of piperidine rings is 1. The van der Waals surface area contributed by atoms with E-state index in [2.05, 4.69) is 16.0 Å². The average molecular weight is 191 g/mol. The summed E-state index contributed by atoms with van der Waals surface area (Å²) in [5, 5.41) is 0. The smallest absolute Gasteiger partial charge is 0.123 e. The standard InChI is InChI=1S/C11H17N3/c1-9-10(5-6-11(12)13-9)14-7-3-2-4-8-14/h5-6H,2-4,7-8H2,1H3,(H2,12,13). The van der Waals surface area contributed by atoms with Crippen LogP contribution in [0.5, 0.6) is 0 Å². The van der Waals surface area contributed by atoms with Gasteiger partial charge in [0.05, 0.1) is 11.4 Å². The summed E-state index contributed by atoms with van der Waals surface area (Å²) in [6.45, 7) is 4.35. The number of anilines is 2. The molecule has 0 spiro atoms. The molecule has 76 valence electrons. The molecule has 0 radical (unpaired) electrons. The minimum absolute atomic E-state index is 0.614.